The van der Waals surface area contributed by atoms with Gasteiger partial charge in [-0.05, 0) is 114 Å². The number of hydrogen-bond donors (Lipinski definition) is 1. The van der Waals surface area contributed by atoms with Crippen LogP contribution < -0.4 is 45.5 Å². The van der Waals surface area contributed by atoms with Crippen LogP contribution in [0.15, 0.2) is 135 Å². The lowest BCUT2D eigenvalue weighted by Crippen LogP contribution is -2.55. The Labute approximate surface area is 404 Å². The summed E-state index contributed by atoms with van der Waals surface area (Å²) in [5, 5.41) is 1.78. The maximum absolute atomic E-state index is 13.0. The number of H-pyrrole nitrogens is 1. The van der Waals surface area contributed by atoms with Gasteiger partial charge in [-0.3, -0.25) is 9.55 Å². The quantitative estimate of drug-likeness (QED) is 0.167. The number of halogens is 3. The molecular formula is C48H52Cl3N9O8. The van der Waals surface area contributed by atoms with Gasteiger partial charge in [-0.2, -0.15) is 4.98 Å². The Hall–Kier alpha value is -6.82. The molecule has 17 nitrogen and oxygen atoms in total. The van der Waals surface area contributed by atoms with Gasteiger partial charge in [0, 0.05) is 33.2 Å². The van der Waals surface area contributed by atoms with Crippen LogP contribution >= 0.6 is 34.8 Å². The van der Waals surface area contributed by atoms with Gasteiger partial charge < -0.3 is 0 Å². The third-order valence-electron chi connectivity index (χ3n) is 10.5. The molecule has 3 aromatic heterocycles. The molecule has 0 radical (unpaired) electrons. The van der Waals surface area contributed by atoms with Gasteiger partial charge in [-0.15, -0.1) is 0 Å². The van der Waals surface area contributed by atoms with Crippen LogP contribution in [-0.2, 0) is 26.2 Å². The van der Waals surface area contributed by atoms with Gasteiger partial charge in [0.05, 0.1) is 26.2 Å². The predicted molar refractivity (Wildman–Crippen MR) is 265 cm³/mol. The van der Waals surface area contributed by atoms with E-state index in [1.54, 1.807) is 109 Å². The molecule has 0 fully saturated rings. The van der Waals surface area contributed by atoms with Crippen molar-refractivity contribution in [1.82, 2.24) is 41.9 Å². The summed E-state index contributed by atoms with van der Waals surface area (Å²) in [7, 11) is 0. The van der Waals surface area contributed by atoms with Crippen molar-refractivity contribution in [2.75, 3.05) is 0 Å². The van der Waals surface area contributed by atoms with Crippen LogP contribution in [0, 0.1) is 13.8 Å². The molecule has 0 aliphatic rings. The summed E-state index contributed by atoms with van der Waals surface area (Å²) in [6.45, 7) is 14.7. The fraction of sp³-hybridized carbons (Fsp3) is 0.312. The molecule has 0 unspecified atom stereocenters. The van der Waals surface area contributed by atoms with Crippen LogP contribution in [0.25, 0.3) is 0 Å². The highest BCUT2D eigenvalue weighted by Gasteiger charge is 2.19. The maximum atomic E-state index is 13.0. The molecule has 0 saturated heterocycles. The number of aryl methyl sites for hydroxylation is 2. The molecule has 68 heavy (non-hydrogen) atoms. The minimum Gasteiger partial charge on any atom is -0.277 e. The second kappa shape index (κ2) is 22.8. The summed E-state index contributed by atoms with van der Waals surface area (Å²) >= 11 is 17.5. The number of hydrogen-bond acceptors (Lipinski definition) is 9. The first-order chi connectivity index (χ1) is 32.1. The summed E-state index contributed by atoms with van der Waals surface area (Å²) in [6, 6.07) is 27.6. The lowest BCUT2D eigenvalue weighted by atomic mass is 10.1. The molecule has 0 amide bonds. The minimum absolute atomic E-state index is 0.0652. The van der Waals surface area contributed by atoms with Crippen molar-refractivity contribution < 1.29 is 0 Å². The van der Waals surface area contributed by atoms with Crippen molar-refractivity contribution in [3.05, 3.63) is 230 Å². The second-order valence-electron chi connectivity index (χ2n) is 16.7. The van der Waals surface area contributed by atoms with Crippen molar-refractivity contribution in [3.63, 3.8) is 0 Å². The van der Waals surface area contributed by atoms with E-state index < -0.39 is 39.8 Å². The van der Waals surface area contributed by atoms with E-state index in [1.807, 2.05) is 43.3 Å². The lowest BCUT2D eigenvalue weighted by Gasteiger charge is -2.16. The van der Waals surface area contributed by atoms with Crippen molar-refractivity contribution in [1.29, 1.82) is 0 Å². The van der Waals surface area contributed by atoms with E-state index in [4.69, 9.17) is 34.8 Å². The number of aromatic amines is 1. The summed E-state index contributed by atoms with van der Waals surface area (Å²) in [4.78, 5) is 105. The van der Waals surface area contributed by atoms with E-state index in [-0.39, 0.29) is 43.4 Å². The molecular weight excluding hydrogens is 937 g/mol. The van der Waals surface area contributed by atoms with Crippen LogP contribution in [0.3, 0.4) is 0 Å². The topological polar surface area (TPSA) is 200 Å². The lowest BCUT2D eigenvalue weighted by molar-refractivity contribution is 0.439. The first-order valence-corrected chi connectivity index (χ1v) is 22.6. The van der Waals surface area contributed by atoms with Gasteiger partial charge in [0.15, 0.2) is 0 Å². The zero-order valence-corrected chi connectivity index (χ0v) is 41.0. The van der Waals surface area contributed by atoms with E-state index in [9.17, 15) is 38.4 Å². The molecule has 0 atom stereocenters. The average Bonchev–Trinajstić information content (AvgIpc) is 3.26. The number of benzene rings is 4. The van der Waals surface area contributed by atoms with E-state index in [0.717, 1.165) is 55.2 Å². The Balaban J connectivity index is 0.000000195. The Morgan fingerprint density at radius 2 is 0.735 bits per heavy atom. The molecule has 358 valence electrons. The van der Waals surface area contributed by atoms with Crippen molar-refractivity contribution in [2.45, 2.75) is 99.7 Å². The van der Waals surface area contributed by atoms with Gasteiger partial charge in [-0.1, -0.05) is 101 Å². The zero-order valence-electron chi connectivity index (χ0n) is 38.8. The Morgan fingerprint density at radius 1 is 0.412 bits per heavy atom. The normalized spacial score (nSPS) is 11.1. The first-order valence-electron chi connectivity index (χ1n) is 21.5. The molecule has 1 N–H and O–H groups in total. The number of rotatable bonds is 11. The average molecular weight is 989 g/mol. The second-order valence-corrected chi connectivity index (χ2v) is 18.0. The van der Waals surface area contributed by atoms with Gasteiger partial charge in [0.25, 0.3) is 0 Å². The van der Waals surface area contributed by atoms with Gasteiger partial charge in [0.2, 0.25) is 0 Å². The number of nitrogens with zero attached hydrogens (tertiary/aromatic N) is 8. The third kappa shape index (κ3) is 12.8. The molecule has 0 bridgehead atoms. The Bertz CT molecular complexity index is 3290. The first kappa shape index (κ1) is 52.2. The Morgan fingerprint density at radius 3 is 1.12 bits per heavy atom. The molecule has 4 aromatic carbocycles. The van der Waals surface area contributed by atoms with Crippen LogP contribution in [0.5, 0.6) is 0 Å². The highest BCUT2D eigenvalue weighted by atomic mass is 35.5. The standard InChI is InChI=1S/C21H22ClN3O3.C14H16ClN3O2.C13H14ClN3O3/c1-14(2)25-20(27)23(12-16-6-4-15(3)5-7-16)19(26)24(21(25)28)13-17-8-10-18(22)11-9-17;1-9(2)18-13(19)16-10(3)17(14(18)20)8-11-4-6-12(15)7-5-11;1-8(2)17-12(19)15-11(18)16(13(17)20)7-9-3-5-10(14)6-4-9/h4-11,14H,12-13H2,1-3H3;4-7,9H,8H2,1-3H3;3-6,8H,7H2,1-2H3,(H,15,18,19). The van der Waals surface area contributed by atoms with E-state index in [1.165, 1.54) is 4.57 Å². The molecule has 7 aromatic rings. The van der Waals surface area contributed by atoms with Crippen molar-refractivity contribution >= 4 is 34.8 Å². The molecule has 20 heteroatoms. The van der Waals surface area contributed by atoms with Crippen LogP contribution in [0.1, 0.15) is 93.3 Å². The van der Waals surface area contributed by atoms with Crippen molar-refractivity contribution in [2.24, 2.45) is 0 Å². The number of nitrogens with one attached hydrogen (secondary N) is 1. The van der Waals surface area contributed by atoms with Gasteiger partial charge in [-0.25, -0.2) is 65.8 Å². The summed E-state index contributed by atoms with van der Waals surface area (Å²) < 4.78 is 7.97. The highest BCUT2D eigenvalue weighted by Crippen LogP contribution is 2.13. The van der Waals surface area contributed by atoms with Gasteiger partial charge in [0.1, 0.15) is 5.82 Å². The molecule has 0 saturated carbocycles. The Kier molecular flexibility index (Phi) is 17.5. The maximum Gasteiger partial charge on any atom is 0.353 e. The minimum atomic E-state index is -0.716. The SMILES string of the molecule is CC(C)n1c(=O)[nH]c(=O)n(Cc2ccc(Cl)cc2)c1=O.Cc1ccc(Cn2c(=O)n(Cc3ccc(Cl)cc3)c(=O)n(C(C)C)c2=O)cc1.Cc1nc(=O)n(C(C)C)c(=O)n1Cc1ccc(Cl)cc1. The third-order valence-corrected chi connectivity index (χ3v) is 11.3. The summed E-state index contributed by atoms with van der Waals surface area (Å²) in [5.74, 6) is 0.409. The fourth-order valence-corrected chi connectivity index (χ4v) is 7.28. The monoisotopic (exact) mass is 987 g/mol. The van der Waals surface area contributed by atoms with E-state index in [2.05, 4.69) is 9.97 Å². The van der Waals surface area contributed by atoms with Crippen LogP contribution in [0.4, 0.5) is 0 Å². The fourth-order valence-electron chi connectivity index (χ4n) is 6.90. The van der Waals surface area contributed by atoms with E-state index >= 15 is 0 Å². The van der Waals surface area contributed by atoms with Crippen LogP contribution in [0.2, 0.25) is 15.1 Å². The highest BCUT2D eigenvalue weighted by molar-refractivity contribution is 6.31. The molecule has 0 aliphatic heterocycles. The van der Waals surface area contributed by atoms with E-state index in [0.29, 0.717) is 27.4 Å². The molecule has 0 aliphatic carbocycles. The zero-order chi connectivity index (χ0) is 50.1. The molecule has 3 heterocycles. The predicted octanol–water partition coefficient (Wildman–Crippen LogP) is 5.79. The van der Waals surface area contributed by atoms with Gasteiger partial charge >= 0.3 is 45.5 Å². The molecule has 0 spiro atoms. The molecule has 7 rings (SSSR count). The smallest absolute Gasteiger partial charge is 0.277 e. The largest absolute Gasteiger partial charge is 0.353 e. The number of aromatic nitrogens is 9. The summed E-state index contributed by atoms with van der Waals surface area (Å²) in [5.41, 5.74) is -0.383. The van der Waals surface area contributed by atoms with Crippen molar-refractivity contribution in [3.8, 4) is 0 Å². The summed E-state index contributed by atoms with van der Waals surface area (Å²) in [6.07, 6.45) is 0. The van der Waals surface area contributed by atoms with Crippen LogP contribution in [-0.4, -0.2) is 41.9 Å².